The first-order chi connectivity index (χ1) is 15.8. The van der Waals surface area contributed by atoms with Crippen molar-refractivity contribution in [3.05, 3.63) is 66.0 Å². The van der Waals surface area contributed by atoms with Gasteiger partial charge in [-0.3, -0.25) is 9.78 Å². The third-order valence-electron chi connectivity index (χ3n) is 6.12. The number of ether oxygens (including phenoxy) is 2. The van der Waals surface area contributed by atoms with Gasteiger partial charge in [0.1, 0.15) is 5.82 Å². The average molecular weight is 433 g/mol. The quantitative estimate of drug-likeness (QED) is 0.632. The van der Waals surface area contributed by atoms with Gasteiger partial charge in [0.25, 0.3) is 5.91 Å². The Bertz CT molecular complexity index is 1080. The summed E-state index contributed by atoms with van der Waals surface area (Å²) in [6.45, 7) is 5.43. The van der Waals surface area contributed by atoms with Crippen molar-refractivity contribution in [1.29, 1.82) is 0 Å². The summed E-state index contributed by atoms with van der Waals surface area (Å²) in [7, 11) is 0. The van der Waals surface area contributed by atoms with Crippen LogP contribution in [0.5, 0.6) is 0 Å². The Labute approximate surface area is 188 Å². The lowest BCUT2D eigenvalue weighted by atomic mass is 9.99. The molecule has 1 unspecified atom stereocenters. The van der Waals surface area contributed by atoms with E-state index in [0.717, 1.165) is 36.2 Å². The smallest absolute Gasteiger partial charge is 0.254 e. The lowest BCUT2D eigenvalue weighted by Crippen LogP contribution is -2.38. The summed E-state index contributed by atoms with van der Waals surface area (Å²) in [5, 5.41) is 1.14. The SMILES string of the molecule is O=C(c1ccnc(N2CCOCC2)c1)N1CCOCC(Cc2cnc3ccccc3c2)C1. The molecule has 4 heterocycles. The second-order valence-corrected chi connectivity index (χ2v) is 8.43. The van der Waals surface area contributed by atoms with Crippen molar-refractivity contribution in [3.63, 3.8) is 0 Å². The highest BCUT2D eigenvalue weighted by atomic mass is 16.5. The molecule has 2 aliphatic rings. The highest BCUT2D eigenvalue weighted by Gasteiger charge is 2.25. The van der Waals surface area contributed by atoms with Gasteiger partial charge in [0.15, 0.2) is 0 Å². The second kappa shape index (κ2) is 9.63. The third-order valence-corrected chi connectivity index (χ3v) is 6.12. The summed E-state index contributed by atoms with van der Waals surface area (Å²) in [6, 6.07) is 14.0. The molecule has 2 aliphatic heterocycles. The minimum Gasteiger partial charge on any atom is -0.379 e. The van der Waals surface area contributed by atoms with Crippen LogP contribution in [-0.4, -0.2) is 73.4 Å². The number of anilines is 1. The summed E-state index contributed by atoms with van der Waals surface area (Å²) in [6.07, 6.45) is 4.50. The van der Waals surface area contributed by atoms with E-state index in [9.17, 15) is 4.79 Å². The van der Waals surface area contributed by atoms with Crippen LogP contribution in [0.3, 0.4) is 0 Å². The summed E-state index contributed by atoms with van der Waals surface area (Å²) in [5.41, 5.74) is 2.85. The maximum atomic E-state index is 13.3. The molecule has 0 bridgehead atoms. The first-order valence-corrected chi connectivity index (χ1v) is 11.3. The summed E-state index contributed by atoms with van der Waals surface area (Å²) in [5.74, 6) is 1.10. The number of amides is 1. The lowest BCUT2D eigenvalue weighted by Gasteiger charge is -2.28. The van der Waals surface area contributed by atoms with E-state index in [1.807, 2.05) is 35.4 Å². The van der Waals surface area contributed by atoms with Crippen LogP contribution < -0.4 is 4.90 Å². The molecule has 166 valence electrons. The van der Waals surface area contributed by atoms with Crippen molar-refractivity contribution < 1.29 is 14.3 Å². The van der Waals surface area contributed by atoms with Gasteiger partial charge < -0.3 is 19.3 Å². The molecule has 2 aromatic heterocycles. The Morgan fingerprint density at radius 1 is 1.00 bits per heavy atom. The Balaban J connectivity index is 1.29. The number of carbonyl (C=O) groups is 1. The molecule has 3 aromatic rings. The molecule has 2 fully saturated rings. The molecule has 7 nitrogen and oxygen atoms in total. The molecular formula is C25H28N4O3. The van der Waals surface area contributed by atoms with Crippen molar-refractivity contribution >= 4 is 22.6 Å². The van der Waals surface area contributed by atoms with E-state index < -0.39 is 0 Å². The number of para-hydroxylation sites is 1. The Morgan fingerprint density at radius 2 is 1.84 bits per heavy atom. The van der Waals surface area contributed by atoms with Crippen LogP contribution in [0.4, 0.5) is 5.82 Å². The molecule has 2 saturated heterocycles. The summed E-state index contributed by atoms with van der Waals surface area (Å²) in [4.78, 5) is 26.5. The molecule has 0 aliphatic carbocycles. The van der Waals surface area contributed by atoms with Crippen molar-refractivity contribution in [1.82, 2.24) is 14.9 Å². The Morgan fingerprint density at radius 3 is 2.75 bits per heavy atom. The number of pyridine rings is 2. The van der Waals surface area contributed by atoms with E-state index in [1.54, 1.807) is 12.3 Å². The van der Waals surface area contributed by atoms with Gasteiger partial charge in [0, 0.05) is 55.4 Å². The van der Waals surface area contributed by atoms with Crippen LogP contribution in [0, 0.1) is 5.92 Å². The number of aromatic nitrogens is 2. The van der Waals surface area contributed by atoms with E-state index in [0.29, 0.717) is 45.1 Å². The predicted octanol–water partition coefficient (Wildman–Crippen LogP) is 2.80. The Kier molecular flexibility index (Phi) is 6.27. The van der Waals surface area contributed by atoms with Crippen LogP contribution in [0.25, 0.3) is 10.9 Å². The van der Waals surface area contributed by atoms with Crippen LogP contribution in [0.1, 0.15) is 15.9 Å². The molecule has 0 spiro atoms. The highest BCUT2D eigenvalue weighted by molar-refractivity contribution is 5.95. The Hall–Kier alpha value is -3.03. The van der Waals surface area contributed by atoms with Gasteiger partial charge in [-0.25, -0.2) is 4.98 Å². The van der Waals surface area contributed by atoms with Gasteiger partial charge in [-0.1, -0.05) is 18.2 Å². The molecule has 0 N–H and O–H groups in total. The monoisotopic (exact) mass is 432 g/mol. The predicted molar refractivity (Wildman–Crippen MR) is 123 cm³/mol. The van der Waals surface area contributed by atoms with Crippen molar-refractivity contribution in [3.8, 4) is 0 Å². The minimum absolute atomic E-state index is 0.0362. The maximum Gasteiger partial charge on any atom is 0.254 e. The first-order valence-electron chi connectivity index (χ1n) is 11.3. The van der Waals surface area contributed by atoms with Crippen molar-refractivity contribution in [2.24, 2.45) is 5.92 Å². The number of morpholine rings is 1. The van der Waals surface area contributed by atoms with Crippen LogP contribution >= 0.6 is 0 Å². The van der Waals surface area contributed by atoms with Gasteiger partial charge in [-0.05, 0) is 36.2 Å². The fourth-order valence-electron chi connectivity index (χ4n) is 4.45. The van der Waals surface area contributed by atoms with Crippen molar-refractivity contribution in [2.75, 3.05) is 57.5 Å². The van der Waals surface area contributed by atoms with Gasteiger partial charge in [-0.15, -0.1) is 0 Å². The molecule has 1 amide bonds. The fourth-order valence-corrected chi connectivity index (χ4v) is 4.45. The zero-order valence-electron chi connectivity index (χ0n) is 18.2. The molecule has 1 atom stereocenters. The number of rotatable bonds is 4. The fraction of sp³-hybridized carbons (Fsp3) is 0.400. The number of hydrogen-bond donors (Lipinski definition) is 0. The van der Waals surface area contributed by atoms with Crippen LogP contribution in [0.15, 0.2) is 54.9 Å². The zero-order valence-corrected chi connectivity index (χ0v) is 18.2. The van der Waals surface area contributed by atoms with E-state index in [-0.39, 0.29) is 11.8 Å². The topological polar surface area (TPSA) is 67.8 Å². The molecule has 5 rings (SSSR count). The minimum atomic E-state index is 0.0362. The van der Waals surface area contributed by atoms with Crippen LogP contribution in [-0.2, 0) is 15.9 Å². The first kappa shape index (κ1) is 20.8. The lowest BCUT2D eigenvalue weighted by molar-refractivity contribution is 0.0737. The standard InChI is InChI=1S/C25H28N4O3/c30-25(22-5-6-26-24(15-22)28-7-10-31-11-8-28)29-9-12-32-18-20(17-29)13-19-14-21-3-1-2-4-23(21)27-16-19/h1-6,14-16,20H,7-13,17-18H2. The number of fused-ring (bicyclic) bond motifs is 1. The summed E-state index contributed by atoms with van der Waals surface area (Å²) >= 11 is 0. The zero-order chi connectivity index (χ0) is 21.8. The third kappa shape index (κ3) is 4.74. The molecule has 1 aromatic carbocycles. The van der Waals surface area contributed by atoms with E-state index in [1.165, 1.54) is 5.56 Å². The second-order valence-electron chi connectivity index (χ2n) is 8.43. The number of nitrogens with zero attached hydrogens (tertiary/aromatic N) is 4. The van der Waals surface area contributed by atoms with Crippen molar-refractivity contribution in [2.45, 2.75) is 6.42 Å². The van der Waals surface area contributed by atoms with E-state index in [4.69, 9.17) is 9.47 Å². The summed E-state index contributed by atoms with van der Waals surface area (Å²) < 4.78 is 11.3. The van der Waals surface area contributed by atoms with Gasteiger partial charge in [0.2, 0.25) is 0 Å². The van der Waals surface area contributed by atoms with Gasteiger partial charge >= 0.3 is 0 Å². The van der Waals surface area contributed by atoms with E-state index >= 15 is 0 Å². The van der Waals surface area contributed by atoms with Gasteiger partial charge in [0.05, 0.1) is 31.9 Å². The molecule has 0 radical (unpaired) electrons. The average Bonchev–Trinajstić information content (AvgIpc) is 3.10. The molecule has 32 heavy (non-hydrogen) atoms. The number of hydrogen-bond acceptors (Lipinski definition) is 6. The molecule has 7 heteroatoms. The molecule has 0 saturated carbocycles. The maximum absolute atomic E-state index is 13.3. The highest BCUT2D eigenvalue weighted by Crippen LogP contribution is 2.20. The molecular weight excluding hydrogens is 404 g/mol. The number of benzene rings is 1. The van der Waals surface area contributed by atoms with Gasteiger partial charge in [-0.2, -0.15) is 0 Å². The largest absolute Gasteiger partial charge is 0.379 e. The normalized spacial score (nSPS) is 19.7. The number of carbonyl (C=O) groups excluding carboxylic acids is 1. The van der Waals surface area contributed by atoms with E-state index in [2.05, 4.69) is 27.0 Å². The van der Waals surface area contributed by atoms with Crippen LogP contribution in [0.2, 0.25) is 0 Å².